The topological polar surface area (TPSA) is 201 Å². The number of nitrogens with one attached hydrogen (secondary N) is 4. The van der Waals surface area contributed by atoms with Gasteiger partial charge in [-0.1, -0.05) is 0 Å². The average molecular weight is 617 g/mol. The van der Waals surface area contributed by atoms with Crippen molar-refractivity contribution in [2.75, 3.05) is 26.2 Å². The van der Waals surface area contributed by atoms with Gasteiger partial charge < -0.3 is 46.5 Å². The lowest BCUT2D eigenvalue weighted by Gasteiger charge is -2.33. The van der Waals surface area contributed by atoms with Crippen LogP contribution in [0.15, 0.2) is 0 Å². The molecule has 0 heterocycles. The Hall–Kier alpha value is -3.29. The molecule has 0 aliphatic rings. The second kappa shape index (κ2) is 18.4. The number of hydrogen-bond donors (Lipinski definition) is 6. The van der Waals surface area contributed by atoms with Crippen LogP contribution in [0.1, 0.15) is 101 Å². The second-order valence-electron chi connectivity index (χ2n) is 13.5. The number of alkyl carbamates (subject to hydrolysis) is 2. The van der Waals surface area contributed by atoms with Gasteiger partial charge in [0.2, 0.25) is 11.8 Å². The molecular formula is C29H56N6O8. The molecule has 0 unspecified atom stereocenters. The van der Waals surface area contributed by atoms with Gasteiger partial charge in [0.1, 0.15) is 11.2 Å². The molecule has 0 radical (unpaired) electrons. The van der Waals surface area contributed by atoms with Gasteiger partial charge in [0.25, 0.3) is 0 Å². The largest absolute Gasteiger partial charge is 0.465 e. The van der Waals surface area contributed by atoms with Crippen molar-refractivity contribution in [1.82, 2.24) is 26.2 Å². The molecule has 14 nitrogen and oxygen atoms in total. The van der Waals surface area contributed by atoms with Crippen LogP contribution in [0, 0.1) is 0 Å². The molecule has 0 aromatic heterocycles. The van der Waals surface area contributed by atoms with Crippen LogP contribution in [0.5, 0.6) is 0 Å². The minimum absolute atomic E-state index is 0.00480. The van der Waals surface area contributed by atoms with E-state index in [4.69, 9.17) is 15.2 Å². The second-order valence-corrected chi connectivity index (χ2v) is 13.5. The maximum Gasteiger partial charge on any atom is 0.407 e. The Kier molecular flexibility index (Phi) is 17.0. The Bertz CT molecular complexity index is 908. The molecule has 0 saturated heterocycles. The highest BCUT2D eigenvalue weighted by Crippen LogP contribution is 2.15. The summed E-state index contributed by atoms with van der Waals surface area (Å²) in [5.74, 6) is -0.625. The Morgan fingerprint density at radius 1 is 0.744 bits per heavy atom. The molecule has 0 saturated carbocycles. The lowest BCUT2D eigenvalue weighted by Crippen LogP contribution is -2.46. The van der Waals surface area contributed by atoms with Crippen LogP contribution < -0.4 is 27.0 Å². The minimum atomic E-state index is -1.02. The van der Waals surface area contributed by atoms with Gasteiger partial charge in [-0.2, -0.15) is 0 Å². The first-order chi connectivity index (χ1) is 19.6. The van der Waals surface area contributed by atoms with E-state index in [-0.39, 0.29) is 37.9 Å². The number of carbonyl (C=O) groups excluding carboxylic acids is 4. The first-order valence-corrected chi connectivity index (χ1v) is 14.9. The summed E-state index contributed by atoms with van der Waals surface area (Å²) in [5, 5.41) is 20.2. The molecule has 0 aliphatic carbocycles. The van der Waals surface area contributed by atoms with Crippen molar-refractivity contribution in [3.05, 3.63) is 0 Å². The maximum absolute atomic E-state index is 12.5. The Morgan fingerprint density at radius 3 is 1.84 bits per heavy atom. The van der Waals surface area contributed by atoms with Crippen LogP contribution in [0.2, 0.25) is 0 Å². The molecule has 43 heavy (non-hydrogen) atoms. The lowest BCUT2D eigenvalue weighted by molar-refractivity contribution is -0.122. The van der Waals surface area contributed by atoms with Crippen LogP contribution in [0.3, 0.4) is 0 Å². The first-order valence-electron chi connectivity index (χ1n) is 14.9. The summed E-state index contributed by atoms with van der Waals surface area (Å²) in [7, 11) is 0. The molecule has 250 valence electrons. The fourth-order valence-electron chi connectivity index (χ4n) is 3.85. The zero-order valence-corrected chi connectivity index (χ0v) is 27.6. The number of ether oxygens (including phenoxy) is 2. The van der Waals surface area contributed by atoms with Crippen molar-refractivity contribution in [2.24, 2.45) is 5.73 Å². The predicted molar refractivity (Wildman–Crippen MR) is 164 cm³/mol. The highest BCUT2D eigenvalue weighted by molar-refractivity contribution is 5.81. The SMILES string of the molecule is CC(C)(C)OC(=O)NCCNC(=O)C[C@H](CCCCNC(=O)[C@@H](N)CCCN(C(=O)O)C(C)(C)C)NC(=O)OC(C)(C)C. The summed E-state index contributed by atoms with van der Waals surface area (Å²) in [5.41, 5.74) is 4.12. The fourth-order valence-corrected chi connectivity index (χ4v) is 3.85. The number of nitrogens with two attached hydrogens (primary N) is 1. The van der Waals surface area contributed by atoms with Gasteiger partial charge in [-0.3, -0.25) is 9.59 Å². The third-order valence-electron chi connectivity index (χ3n) is 5.82. The van der Waals surface area contributed by atoms with E-state index in [0.29, 0.717) is 38.6 Å². The van der Waals surface area contributed by atoms with E-state index in [0.717, 1.165) is 0 Å². The predicted octanol–water partition coefficient (Wildman–Crippen LogP) is 3.08. The molecule has 7 N–H and O–H groups in total. The van der Waals surface area contributed by atoms with Crippen molar-refractivity contribution < 1.29 is 38.6 Å². The summed E-state index contributed by atoms with van der Waals surface area (Å²) in [6.45, 7) is 16.9. The molecule has 0 rings (SSSR count). The quantitative estimate of drug-likeness (QED) is 0.141. The van der Waals surface area contributed by atoms with E-state index in [1.54, 1.807) is 62.3 Å². The zero-order valence-electron chi connectivity index (χ0n) is 27.6. The monoisotopic (exact) mass is 616 g/mol. The van der Waals surface area contributed by atoms with E-state index in [1.807, 2.05) is 0 Å². The number of rotatable bonds is 16. The van der Waals surface area contributed by atoms with Crippen molar-refractivity contribution >= 4 is 30.1 Å². The molecule has 0 aromatic rings. The van der Waals surface area contributed by atoms with Crippen LogP contribution in [0.4, 0.5) is 14.4 Å². The van der Waals surface area contributed by atoms with Gasteiger partial charge in [0.05, 0.1) is 6.04 Å². The number of carboxylic acid groups (broad SMARTS) is 1. The fraction of sp³-hybridized carbons (Fsp3) is 0.828. The number of hydrogen-bond acceptors (Lipinski definition) is 8. The number of amides is 5. The molecule has 0 aromatic carbocycles. The Balaban J connectivity index is 4.65. The van der Waals surface area contributed by atoms with Crippen molar-refractivity contribution in [3.8, 4) is 0 Å². The average Bonchev–Trinajstić information content (AvgIpc) is 2.80. The van der Waals surface area contributed by atoms with Gasteiger partial charge in [-0.25, -0.2) is 14.4 Å². The van der Waals surface area contributed by atoms with Crippen LogP contribution >= 0.6 is 0 Å². The van der Waals surface area contributed by atoms with Crippen molar-refractivity contribution in [1.29, 1.82) is 0 Å². The van der Waals surface area contributed by atoms with E-state index in [2.05, 4.69) is 21.3 Å². The van der Waals surface area contributed by atoms with Crippen LogP contribution in [-0.4, -0.2) is 95.1 Å². The van der Waals surface area contributed by atoms with Gasteiger partial charge in [-0.15, -0.1) is 0 Å². The molecule has 0 fully saturated rings. The molecular weight excluding hydrogens is 560 g/mol. The van der Waals surface area contributed by atoms with Gasteiger partial charge >= 0.3 is 18.3 Å². The first kappa shape index (κ1) is 39.7. The van der Waals surface area contributed by atoms with Gasteiger partial charge in [-0.05, 0) is 94.4 Å². The number of carbonyl (C=O) groups is 5. The molecule has 0 aliphatic heterocycles. The van der Waals surface area contributed by atoms with E-state index in [1.165, 1.54) is 4.90 Å². The Morgan fingerprint density at radius 2 is 1.30 bits per heavy atom. The van der Waals surface area contributed by atoms with Gasteiger partial charge in [0, 0.05) is 44.2 Å². The van der Waals surface area contributed by atoms with Crippen molar-refractivity contribution in [3.63, 3.8) is 0 Å². The summed E-state index contributed by atoms with van der Waals surface area (Å²) >= 11 is 0. The van der Waals surface area contributed by atoms with Crippen LogP contribution in [-0.2, 0) is 19.1 Å². The number of nitrogens with zero attached hydrogens (tertiary/aromatic N) is 1. The Labute approximate surface area is 256 Å². The highest BCUT2D eigenvalue weighted by atomic mass is 16.6. The summed E-state index contributed by atoms with van der Waals surface area (Å²) < 4.78 is 10.5. The summed E-state index contributed by atoms with van der Waals surface area (Å²) in [6.07, 6.45) is 0.219. The maximum atomic E-state index is 12.5. The number of unbranched alkanes of at least 4 members (excludes halogenated alkanes) is 1. The molecule has 0 spiro atoms. The van der Waals surface area contributed by atoms with Crippen molar-refractivity contribution in [2.45, 2.75) is 130 Å². The normalized spacial score (nSPS) is 13.3. The summed E-state index contributed by atoms with van der Waals surface area (Å²) in [4.78, 5) is 61.7. The standard InChI is InChI=1S/C29H56N6O8/c1-27(2,3)35(26(40)41)18-12-14-21(30)23(37)32-15-11-10-13-20(34-25(39)43-29(7,8)9)19-22(36)31-16-17-33-24(38)42-28(4,5)6/h20-21H,10-19,30H2,1-9H3,(H,31,36)(H,32,37)(H,33,38)(H,34,39)(H,40,41)/t20-,21-/m0/s1. The van der Waals surface area contributed by atoms with Crippen LogP contribution in [0.25, 0.3) is 0 Å². The smallest absolute Gasteiger partial charge is 0.407 e. The third-order valence-corrected chi connectivity index (χ3v) is 5.82. The van der Waals surface area contributed by atoms with E-state index >= 15 is 0 Å². The van der Waals surface area contributed by atoms with E-state index < -0.39 is 47.1 Å². The molecule has 5 amide bonds. The van der Waals surface area contributed by atoms with Gasteiger partial charge in [0.15, 0.2) is 0 Å². The summed E-state index contributed by atoms with van der Waals surface area (Å²) in [6, 6.07) is -1.27. The molecule has 2 atom stereocenters. The molecule has 0 bridgehead atoms. The van der Waals surface area contributed by atoms with E-state index in [9.17, 15) is 29.1 Å². The third kappa shape index (κ3) is 21.1. The lowest BCUT2D eigenvalue weighted by atomic mass is 10.0. The highest BCUT2D eigenvalue weighted by Gasteiger charge is 2.26. The zero-order chi connectivity index (χ0) is 33.4. The molecule has 14 heteroatoms. The minimum Gasteiger partial charge on any atom is -0.465 e.